The highest BCUT2D eigenvalue weighted by atomic mass is 16.5. The van der Waals surface area contributed by atoms with E-state index in [0.717, 1.165) is 5.56 Å². The number of aliphatic hydroxyl groups is 1. The number of nitrogens with zero attached hydrogens (tertiary/aromatic N) is 1. The van der Waals surface area contributed by atoms with Crippen LogP contribution in [0.2, 0.25) is 0 Å². The van der Waals surface area contributed by atoms with Gasteiger partial charge in [0.15, 0.2) is 0 Å². The molecule has 1 fully saturated rings. The van der Waals surface area contributed by atoms with E-state index < -0.39 is 17.7 Å². The van der Waals surface area contributed by atoms with E-state index in [1.807, 2.05) is 30.3 Å². The minimum Gasteiger partial charge on any atom is -0.507 e. The molecule has 4 rings (SSSR count). The molecule has 6 nitrogen and oxygen atoms in total. The van der Waals surface area contributed by atoms with Crippen LogP contribution in [0.3, 0.4) is 0 Å². The molecule has 1 aliphatic heterocycles. The molecule has 1 heterocycles. The highest BCUT2D eigenvalue weighted by molar-refractivity contribution is 6.46. The van der Waals surface area contributed by atoms with E-state index in [1.54, 1.807) is 62.8 Å². The van der Waals surface area contributed by atoms with E-state index in [9.17, 15) is 14.7 Å². The number of hydrogen-bond acceptors (Lipinski definition) is 5. The van der Waals surface area contributed by atoms with Gasteiger partial charge in [-0.3, -0.25) is 9.59 Å². The van der Waals surface area contributed by atoms with Crippen molar-refractivity contribution in [2.75, 3.05) is 14.2 Å². The number of carbonyl (C=O) groups is 2. The van der Waals surface area contributed by atoms with Crippen molar-refractivity contribution >= 4 is 17.4 Å². The lowest BCUT2D eigenvalue weighted by Crippen LogP contribution is -2.29. The van der Waals surface area contributed by atoms with Gasteiger partial charge < -0.3 is 19.5 Å². The molecule has 1 N–H and O–H groups in total. The maximum absolute atomic E-state index is 13.1. The van der Waals surface area contributed by atoms with Gasteiger partial charge in [-0.05, 0) is 47.5 Å². The van der Waals surface area contributed by atoms with E-state index in [4.69, 9.17) is 9.47 Å². The second kappa shape index (κ2) is 8.98. The van der Waals surface area contributed by atoms with Gasteiger partial charge in [-0.2, -0.15) is 0 Å². The number of aliphatic hydroxyl groups excluding tert-OH is 1. The molecule has 0 saturated carbocycles. The fraction of sp³-hybridized carbons (Fsp3) is 0.154. The van der Waals surface area contributed by atoms with Crippen molar-refractivity contribution in [2.24, 2.45) is 0 Å². The third-order valence-corrected chi connectivity index (χ3v) is 5.53. The predicted octanol–water partition coefficient (Wildman–Crippen LogP) is 4.33. The molecule has 6 heteroatoms. The maximum atomic E-state index is 13.1. The van der Waals surface area contributed by atoms with Crippen molar-refractivity contribution in [1.29, 1.82) is 0 Å². The van der Waals surface area contributed by atoms with Crippen LogP contribution in [0.25, 0.3) is 5.76 Å². The lowest BCUT2D eigenvalue weighted by atomic mass is 9.95. The number of ketones is 1. The number of methoxy groups -OCH3 is 2. The van der Waals surface area contributed by atoms with Crippen molar-refractivity contribution in [1.82, 2.24) is 4.90 Å². The van der Waals surface area contributed by atoms with Crippen LogP contribution >= 0.6 is 0 Å². The predicted molar refractivity (Wildman–Crippen MR) is 120 cm³/mol. The third kappa shape index (κ3) is 3.95. The van der Waals surface area contributed by atoms with E-state index in [2.05, 4.69) is 0 Å². The molecule has 3 aromatic carbocycles. The molecule has 162 valence electrons. The van der Waals surface area contributed by atoms with Crippen molar-refractivity contribution in [3.05, 3.63) is 101 Å². The summed E-state index contributed by atoms with van der Waals surface area (Å²) in [6, 6.07) is 22.5. The Morgan fingerprint density at radius 1 is 0.844 bits per heavy atom. The quantitative estimate of drug-likeness (QED) is 0.359. The van der Waals surface area contributed by atoms with Crippen molar-refractivity contribution in [3.63, 3.8) is 0 Å². The highest BCUT2D eigenvalue weighted by Gasteiger charge is 2.46. The lowest BCUT2D eigenvalue weighted by molar-refractivity contribution is -0.140. The fourth-order valence-electron chi connectivity index (χ4n) is 3.86. The summed E-state index contributed by atoms with van der Waals surface area (Å²) in [4.78, 5) is 27.6. The third-order valence-electron chi connectivity index (χ3n) is 5.53. The number of ether oxygens (including phenoxy) is 2. The van der Waals surface area contributed by atoms with Crippen molar-refractivity contribution in [3.8, 4) is 11.5 Å². The number of rotatable bonds is 6. The van der Waals surface area contributed by atoms with Crippen LogP contribution in [-0.2, 0) is 16.1 Å². The summed E-state index contributed by atoms with van der Waals surface area (Å²) in [7, 11) is 3.12. The Morgan fingerprint density at radius 3 is 1.97 bits per heavy atom. The molecule has 1 aliphatic rings. The van der Waals surface area contributed by atoms with Gasteiger partial charge in [-0.15, -0.1) is 0 Å². The number of Topliss-reactive ketones (excluding diaryl/α,β-unsaturated/α-hetero) is 1. The van der Waals surface area contributed by atoms with Gasteiger partial charge in [0.25, 0.3) is 11.7 Å². The van der Waals surface area contributed by atoms with E-state index >= 15 is 0 Å². The van der Waals surface area contributed by atoms with Gasteiger partial charge in [0, 0.05) is 12.1 Å². The first kappa shape index (κ1) is 21.2. The normalized spacial score (nSPS) is 17.4. The molecule has 0 bridgehead atoms. The number of benzene rings is 3. The van der Waals surface area contributed by atoms with Crippen LogP contribution in [0, 0.1) is 0 Å². The minimum absolute atomic E-state index is 0.0567. The highest BCUT2D eigenvalue weighted by Crippen LogP contribution is 2.40. The second-order valence-corrected chi connectivity index (χ2v) is 7.41. The average Bonchev–Trinajstić information content (AvgIpc) is 3.09. The number of carbonyl (C=O) groups excluding carboxylic acids is 2. The number of hydrogen-bond donors (Lipinski definition) is 1. The summed E-state index contributed by atoms with van der Waals surface area (Å²) in [6.07, 6.45) is 0. The van der Waals surface area contributed by atoms with Crippen LogP contribution in [-0.4, -0.2) is 35.9 Å². The van der Waals surface area contributed by atoms with Gasteiger partial charge in [0.05, 0.1) is 25.8 Å². The summed E-state index contributed by atoms with van der Waals surface area (Å²) in [5.41, 5.74) is 2.08. The molecule has 3 aromatic rings. The number of likely N-dealkylation sites (tertiary alicyclic amines) is 1. The van der Waals surface area contributed by atoms with E-state index in [1.165, 1.54) is 4.90 Å². The standard InChI is InChI=1S/C26H23NO5/c1-31-20-12-8-18(9-13-20)23-22(24(28)19-10-14-21(32-2)15-11-19)25(29)26(30)27(23)16-17-6-4-3-5-7-17/h3-15,23,28H,16H2,1-2H3. The summed E-state index contributed by atoms with van der Waals surface area (Å²) < 4.78 is 10.4. The molecule has 0 aromatic heterocycles. The topological polar surface area (TPSA) is 76.1 Å². The summed E-state index contributed by atoms with van der Waals surface area (Å²) in [5.74, 6) is -0.302. The zero-order valence-electron chi connectivity index (χ0n) is 17.8. The summed E-state index contributed by atoms with van der Waals surface area (Å²) in [6.45, 7) is 0.238. The largest absolute Gasteiger partial charge is 0.507 e. The first-order chi connectivity index (χ1) is 15.5. The van der Waals surface area contributed by atoms with E-state index in [0.29, 0.717) is 22.6 Å². The molecular formula is C26H23NO5. The fourth-order valence-corrected chi connectivity index (χ4v) is 3.86. The summed E-state index contributed by atoms with van der Waals surface area (Å²) in [5, 5.41) is 11.1. The Hall–Kier alpha value is -4.06. The zero-order valence-corrected chi connectivity index (χ0v) is 17.8. The molecule has 1 atom stereocenters. The average molecular weight is 429 g/mol. The number of amides is 1. The first-order valence-electron chi connectivity index (χ1n) is 10.1. The Bertz CT molecular complexity index is 1150. The van der Waals surface area contributed by atoms with Crippen molar-refractivity contribution in [2.45, 2.75) is 12.6 Å². The van der Waals surface area contributed by atoms with Gasteiger partial charge in [-0.1, -0.05) is 42.5 Å². The Morgan fingerprint density at radius 2 is 1.41 bits per heavy atom. The van der Waals surface area contributed by atoms with Crippen molar-refractivity contribution < 1.29 is 24.2 Å². The van der Waals surface area contributed by atoms with Gasteiger partial charge in [0.1, 0.15) is 17.3 Å². The van der Waals surface area contributed by atoms with Crippen LogP contribution in [0.15, 0.2) is 84.4 Å². The molecule has 0 aliphatic carbocycles. The molecule has 0 radical (unpaired) electrons. The second-order valence-electron chi connectivity index (χ2n) is 7.41. The minimum atomic E-state index is -0.733. The Balaban J connectivity index is 1.83. The zero-order chi connectivity index (χ0) is 22.7. The lowest BCUT2D eigenvalue weighted by Gasteiger charge is -2.25. The first-order valence-corrected chi connectivity index (χ1v) is 10.1. The summed E-state index contributed by atoms with van der Waals surface area (Å²) >= 11 is 0. The van der Waals surface area contributed by atoms with Gasteiger partial charge in [0.2, 0.25) is 0 Å². The van der Waals surface area contributed by atoms with Gasteiger partial charge in [-0.25, -0.2) is 0 Å². The molecule has 1 unspecified atom stereocenters. The monoisotopic (exact) mass is 429 g/mol. The molecule has 1 amide bonds. The molecular weight excluding hydrogens is 406 g/mol. The van der Waals surface area contributed by atoms with Crippen LogP contribution in [0.4, 0.5) is 0 Å². The SMILES string of the molecule is COc1ccc(C(O)=C2C(=O)C(=O)N(Cc3ccccc3)C2c2ccc(OC)cc2)cc1. The van der Waals surface area contributed by atoms with E-state index in [-0.39, 0.29) is 17.9 Å². The van der Waals surface area contributed by atoms with Crippen LogP contribution < -0.4 is 9.47 Å². The molecule has 32 heavy (non-hydrogen) atoms. The smallest absolute Gasteiger partial charge is 0.295 e. The molecule has 1 saturated heterocycles. The molecule has 0 spiro atoms. The Kier molecular flexibility index (Phi) is 5.94. The maximum Gasteiger partial charge on any atom is 0.295 e. The van der Waals surface area contributed by atoms with Gasteiger partial charge >= 0.3 is 0 Å². The van der Waals surface area contributed by atoms with Crippen LogP contribution in [0.5, 0.6) is 11.5 Å². The van der Waals surface area contributed by atoms with Crippen LogP contribution in [0.1, 0.15) is 22.7 Å². The Labute approximate surface area is 186 Å².